The topological polar surface area (TPSA) is 110 Å². The maximum Gasteiger partial charge on any atom is 0.446 e. The summed E-state index contributed by atoms with van der Waals surface area (Å²) in [6.07, 6.45) is -0.108. The minimum atomic E-state index is -4.63. The molecule has 2 fully saturated rings. The molecule has 0 amide bonds. The van der Waals surface area contributed by atoms with Crippen LogP contribution in [0.5, 0.6) is 5.75 Å². The first-order valence-electron chi connectivity index (χ1n) is 12.2. The lowest BCUT2D eigenvalue weighted by Crippen LogP contribution is -2.50. The van der Waals surface area contributed by atoms with Gasteiger partial charge in [-0.1, -0.05) is 19.1 Å². The Bertz CT molecular complexity index is 1430. The Balaban J connectivity index is 1.36. The fraction of sp³-hybridized carbons (Fsp3) is 0.520. The zero-order chi connectivity index (χ0) is 26.8. The van der Waals surface area contributed by atoms with Crippen molar-refractivity contribution in [2.24, 2.45) is 17.3 Å². The molecule has 0 aliphatic heterocycles. The molecule has 0 aromatic heterocycles. The Hall–Kier alpha value is -2.15. The van der Waals surface area contributed by atoms with Crippen molar-refractivity contribution in [3.05, 3.63) is 59.2 Å². The van der Waals surface area contributed by atoms with Crippen LogP contribution in [0.15, 0.2) is 47.4 Å². The van der Waals surface area contributed by atoms with Gasteiger partial charge in [-0.3, -0.25) is 4.55 Å². The molecular formula is C25H28F3NO6S2. The van der Waals surface area contributed by atoms with Crippen molar-refractivity contribution in [3.8, 4) is 5.75 Å². The summed E-state index contributed by atoms with van der Waals surface area (Å²) in [5.74, 6) is 0.843. The van der Waals surface area contributed by atoms with Gasteiger partial charge in [-0.25, -0.2) is 13.1 Å². The second kappa shape index (κ2) is 8.96. The van der Waals surface area contributed by atoms with E-state index in [2.05, 4.69) is 15.8 Å². The van der Waals surface area contributed by atoms with Gasteiger partial charge < -0.3 is 4.18 Å². The highest BCUT2D eigenvalue weighted by Crippen LogP contribution is 2.61. The molecule has 12 heteroatoms. The molecule has 2 saturated carbocycles. The maximum absolute atomic E-state index is 13.1. The van der Waals surface area contributed by atoms with Crippen molar-refractivity contribution in [1.29, 1.82) is 0 Å². The third-order valence-electron chi connectivity index (χ3n) is 8.67. The third kappa shape index (κ3) is 5.00. The van der Waals surface area contributed by atoms with E-state index in [0.29, 0.717) is 24.8 Å². The lowest BCUT2D eigenvalue weighted by atomic mass is 9.55. The van der Waals surface area contributed by atoms with Crippen LogP contribution in [-0.2, 0) is 33.0 Å². The summed E-state index contributed by atoms with van der Waals surface area (Å²) in [6, 6.07) is 8.45. The van der Waals surface area contributed by atoms with Gasteiger partial charge in [-0.05, 0) is 103 Å². The van der Waals surface area contributed by atoms with Gasteiger partial charge in [0.2, 0.25) is 10.0 Å². The summed E-state index contributed by atoms with van der Waals surface area (Å²) in [5.41, 5.74) is 0.763. The summed E-state index contributed by atoms with van der Waals surface area (Å²) in [6.45, 7) is 2.08. The number of benzene rings is 2. The lowest BCUT2D eigenvalue weighted by Gasteiger charge is -2.51. The standard InChI is InChI=1S/C25H28F3NO6S2/c1-24-12-11-20-19-8-6-17(35-37(32,33)34)13-15(19)5-7-21(20)22(24)9-10-23(24)29-36(30,31)18-4-2-3-16(14-18)25(26,27)28/h2-4,6,8,13-14,20-23,29H,5,7,9-12H2,1H3,(H,32,33,34)/t20-,21-,22+,23+,24+/m1/s1. The molecule has 3 aliphatic carbocycles. The van der Waals surface area contributed by atoms with Crippen LogP contribution in [0.1, 0.15) is 61.6 Å². The Morgan fingerprint density at radius 1 is 1.03 bits per heavy atom. The first-order valence-corrected chi connectivity index (χ1v) is 15.0. The smallest absolute Gasteiger partial charge is 0.362 e. The molecule has 0 saturated heterocycles. The van der Waals surface area contributed by atoms with Crippen LogP contribution >= 0.6 is 0 Å². The van der Waals surface area contributed by atoms with E-state index in [9.17, 15) is 30.0 Å². The molecule has 0 radical (unpaired) electrons. The molecule has 5 rings (SSSR count). The molecule has 0 bridgehead atoms. The number of nitrogens with one attached hydrogen (secondary N) is 1. The molecule has 0 heterocycles. The largest absolute Gasteiger partial charge is 0.446 e. The van der Waals surface area contributed by atoms with Crippen LogP contribution in [0.2, 0.25) is 0 Å². The highest BCUT2D eigenvalue weighted by Gasteiger charge is 2.55. The van der Waals surface area contributed by atoms with Crippen molar-refractivity contribution >= 4 is 20.4 Å². The van der Waals surface area contributed by atoms with E-state index >= 15 is 0 Å². The molecule has 37 heavy (non-hydrogen) atoms. The lowest BCUT2D eigenvalue weighted by molar-refractivity contribution is -0.137. The molecule has 2 N–H and O–H groups in total. The van der Waals surface area contributed by atoms with E-state index in [1.165, 1.54) is 12.1 Å². The predicted molar refractivity (Wildman–Crippen MR) is 129 cm³/mol. The number of halogens is 3. The normalized spacial score (nSPS) is 29.8. The molecule has 0 unspecified atom stereocenters. The van der Waals surface area contributed by atoms with Crippen LogP contribution in [0.25, 0.3) is 0 Å². The Labute approximate surface area is 214 Å². The van der Waals surface area contributed by atoms with E-state index in [-0.39, 0.29) is 29.0 Å². The summed E-state index contributed by atoms with van der Waals surface area (Å²) in [4.78, 5) is -0.391. The highest BCUT2D eigenvalue weighted by molar-refractivity contribution is 7.89. The van der Waals surface area contributed by atoms with Crippen molar-refractivity contribution in [1.82, 2.24) is 4.72 Å². The number of fused-ring (bicyclic) bond motifs is 5. The van der Waals surface area contributed by atoms with Gasteiger partial charge in [0.05, 0.1) is 10.5 Å². The first-order chi connectivity index (χ1) is 17.2. The van der Waals surface area contributed by atoms with Crippen LogP contribution in [0.3, 0.4) is 0 Å². The van der Waals surface area contributed by atoms with Crippen molar-refractivity contribution < 1.29 is 38.7 Å². The van der Waals surface area contributed by atoms with Gasteiger partial charge in [-0.15, -0.1) is 0 Å². The van der Waals surface area contributed by atoms with E-state index in [4.69, 9.17) is 4.55 Å². The highest BCUT2D eigenvalue weighted by atomic mass is 32.3. The van der Waals surface area contributed by atoms with Crippen molar-refractivity contribution in [3.63, 3.8) is 0 Å². The predicted octanol–water partition coefficient (Wildman–Crippen LogP) is 5.09. The summed E-state index contributed by atoms with van der Waals surface area (Å²) < 4.78 is 104. The summed E-state index contributed by atoms with van der Waals surface area (Å²) in [7, 11) is -8.76. The summed E-state index contributed by atoms with van der Waals surface area (Å²) >= 11 is 0. The van der Waals surface area contributed by atoms with E-state index in [1.54, 1.807) is 6.07 Å². The van der Waals surface area contributed by atoms with Gasteiger partial charge in [0, 0.05) is 6.04 Å². The Morgan fingerprint density at radius 2 is 1.78 bits per heavy atom. The molecule has 3 aliphatic rings. The number of hydrogen-bond acceptors (Lipinski definition) is 5. The van der Waals surface area contributed by atoms with Gasteiger partial charge in [0.25, 0.3) is 0 Å². The second-order valence-corrected chi connectivity index (χ2v) is 13.3. The molecule has 0 spiro atoms. The fourth-order valence-electron chi connectivity index (χ4n) is 7.02. The van der Waals surface area contributed by atoms with Gasteiger partial charge in [0.15, 0.2) is 0 Å². The quantitative estimate of drug-likeness (QED) is 0.494. The monoisotopic (exact) mass is 559 g/mol. The molecular weight excluding hydrogens is 531 g/mol. The van der Waals surface area contributed by atoms with Gasteiger partial charge >= 0.3 is 16.6 Å². The molecule has 2 aromatic carbocycles. The van der Waals surface area contributed by atoms with E-state index in [1.807, 2.05) is 6.07 Å². The zero-order valence-corrected chi connectivity index (χ0v) is 21.7. The minimum Gasteiger partial charge on any atom is -0.362 e. The van der Waals surface area contributed by atoms with Crippen molar-refractivity contribution in [2.75, 3.05) is 0 Å². The maximum atomic E-state index is 13.1. The molecule has 202 valence electrons. The summed E-state index contributed by atoms with van der Waals surface area (Å²) in [5, 5.41) is 0. The van der Waals surface area contributed by atoms with E-state index < -0.39 is 37.1 Å². The number of alkyl halides is 3. The molecule has 5 atom stereocenters. The van der Waals surface area contributed by atoms with Gasteiger partial charge in [0.1, 0.15) is 5.75 Å². The molecule has 2 aromatic rings. The van der Waals surface area contributed by atoms with Crippen LogP contribution in [0, 0.1) is 17.3 Å². The SMILES string of the molecule is C[C@]12CC[C@@H]3c4ccc(OS(=O)(=O)O)cc4CC[C@H]3[C@@H]1CC[C@@H]2NS(=O)(=O)c1cccc(C(F)(F)F)c1. The zero-order valence-electron chi connectivity index (χ0n) is 20.0. The Morgan fingerprint density at radius 3 is 2.49 bits per heavy atom. The number of sulfonamides is 1. The van der Waals surface area contributed by atoms with Crippen molar-refractivity contribution in [2.45, 2.75) is 68.5 Å². The average molecular weight is 560 g/mol. The van der Waals surface area contributed by atoms with Gasteiger partial charge in [-0.2, -0.15) is 21.6 Å². The first kappa shape index (κ1) is 26.5. The minimum absolute atomic E-state index is 0.0604. The Kier molecular flexibility index (Phi) is 6.41. The van der Waals surface area contributed by atoms with E-state index in [0.717, 1.165) is 48.9 Å². The molecule has 7 nitrogen and oxygen atoms in total. The second-order valence-electron chi connectivity index (χ2n) is 10.6. The van der Waals surface area contributed by atoms with Crippen LogP contribution < -0.4 is 8.91 Å². The van der Waals surface area contributed by atoms with Crippen LogP contribution in [-0.4, -0.2) is 27.4 Å². The number of hydrogen-bond donors (Lipinski definition) is 2. The average Bonchev–Trinajstić information content (AvgIpc) is 3.13. The number of aryl methyl sites for hydroxylation is 1. The number of rotatable bonds is 5. The fourth-order valence-corrected chi connectivity index (χ4v) is 8.81. The third-order valence-corrected chi connectivity index (χ3v) is 10.5. The van der Waals surface area contributed by atoms with Crippen LogP contribution in [0.4, 0.5) is 13.2 Å².